The Morgan fingerprint density at radius 1 is 1.23 bits per heavy atom. The van der Waals surface area contributed by atoms with Crippen molar-refractivity contribution in [1.29, 1.82) is 0 Å². The molecule has 0 aliphatic heterocycles. The molecule has 0 spiro atoms. The van der Waals surface area contributed by atoms with Gasteiger partial charge >= 0.3 is 0 Å². The van der Waals surface area contributed by atoms with Gasteiger partial charge in [0.2, 0.25) is 0 Å². The van der Waals surface area contributed by atoms with E-state index in [1.165, 1.54) is 12.1 Å². The summed E-state index contributed by atoms with van der Waals surface area (Å²) in [4.78, 5) is 17.1. The lowest BCUT2D eigenvalue weighted by Crippen LogP contribution is -2.25. The zero-order valence-electron chi connectivity index (χ0n) is 14.5. The number of aromatic nitrogens is 2. The predicted octanol–water partition coefficient (Wildman–Crippen LogP) is 4.02. The predicted molar refractivity (Wildman–Crippen MR) is 102 cm³/mol. The summed E-state index contributed by atoms with van der Waals surface area (Å²) in [6.45, 7) is 2.30. The van der Waals surface area contributed by atoms with Gasteiger partial charge in [-0.3, -0.25) is 9.78 Å². The summed E-state index contributed by atoms with van der Waals surface area (Å²) in [5.74, 6) is 0.110. The summed E-state index contributed by atoms with van der Waals surface area (Å²) in [7, 11) is 0. The van der Waals surface area contributed by atoms with Crippen molar-refractivity contribution in [3.05, 3.63) is 69.4 Å². The van der Waals surface area contributed by atoms with Crippen LogP contribution in [0.2, 0.25) is 0 Å². The van der Waals surface area contributed by atoms with Crippen LogP contribution >= 0.6 is 11.6 Å². The van der Waals surface area contributed by atoms with Crippen molar-refractivity contribution in [2.24, 2.45) is 0 Å². The third-order valence-electron chi connectivity index (χ3n) is 4.42. The maximum absolute atomic E-state index is 13.1. The van der Waals surface area contributed by atoms with Gasteiger partial charge in [0, 0.05) is 18.6 Å². The van der Waals surface area contributed by atoms with Crippen molar-refractivity contribution in [2.75, 3.05) is 5.88 Å². The fourth-order valence-corrected chi connectivity index (χ4v) is 3.21. The lowest BCUT2D eigenvalue weighted by molar-refractivity contribution is 0.469. The van der Waals surface area contributed by atoms with Crippen LogP contribution in [0.3, 0.4) is 0 Å². The Morgan fingerprint density at radius 2 is 1.96 bits per heavy atom. The smallest absolute Gasteiger partial charge is 0.258 e. The second-order valence-electron chi connectivity index (χ2n) is 6.19. The van der Waals surface area contributed by atoms with Crippen LogP contribution in [-0.2, 0) is 19.4 Å². The van der Waals surface area contributed by atoms with Crippen molar-refractivity contribution in [3.8, 4) is 5.75 Å². The quantitative estimate of drug-likeness (QED) is 0.663. The lowest BCUT2D eigenvalue weighted by Gasteiger charge is -2.14. The van der Waals surface area contributed by atoms with Crippen molar-refractivity contribution >= 4 is 22.6 Å². The van der Waals surface area contributed by atoms with Gasteiger partial charge in [-0.05, 0) is 48.6 Å². The van der Waals surface area contributed by atoms with Crippen LogP contribution in [0.25, 0.3) is 11.0 Å². The van der Waals surface area contributed by atoms with E-state index in [9.17, 15) is 14.3 Å². The average molecular weight is 375 g/mol. The normalized spacial score (nSPS) is 11.2. The number of alkyl halides is 1. The molecule has 4 nitrogen and oxygen atoms in total. The second kappa shape index (κ2) is 7.87. The van der Waals surface area contributed by atoms with Gasteiger partial charge in [0.25, 0.3) is 5.56 Å². The van der Waals surface area contributed by atoms with Gasteiger partial charge in [0.1, 0.15) is 11.3 Å². The SMILES string of the molecule is CCc1c(O)c2ncc(Cc3ccc(F)cc3)cc2n(CCCCl)c1=O. The number of nitrogens with zero attached hydrogens (tertiary/aromatic N) is 2. The van der Waals surface area contributed by atoms with Gasteiger partial charge in [-0.25, -0.2) is 4.39 Å². The third-order valence-corrected chi connectivity index (χ3v) is 4.69. The van der Waals surface area contributed by atoms with E-state index in [0.29, 0.717) is 48.3 Å². The summed E-state index contributed by atoms with van der Waals surface area (Å²) in [6.07, 6.45) is 3.32. The number of benzene rings is 1. The molecule has 0 amide bonds. The minimum absolute atomic E-state index is 0.0528. The number of pyridine rings is 2. The van der Waals surface area contributed by atoms with E-state index < -0.39 is 0 Å². The standard InChI is InChI=1S/C20H20ClFN2O2/c1-2-16-19(25)18-17(24(20(16)26)9-3-8-21)11-14(12-23-18)10-13-4-6-15(22)7-5-13/h4-7,11-12,25H,2-3,8-10H2,1H3. The van der Waals surface area contributed by atoms with Crippen molar-refractivity contribution in [1.82, 2.24) is 9.55 Å². The van der Waals surface area contributed by atoms with Crippen LogP contribution in [0.1, 0.15) is 30.0 Å². The molecule has 3 aromatic rings. The Labute approximate surface area is 155 Å². The van der Waals surface area contributed by atoms with E-state index in [4.69, 9.17) is 11.6 Å². The van der Waals surface area contributed by atoms with Crippen LogP contribution < -0.4 is 5.56 Å². The molecule has 0 bridgehead atoms. The fourth-order valence-electron chi connectivity index (χ4n) is 3.09. The number of fused-ring (bicyclic) bond motifs is 1. The first-order valence-corrected chi connectivity index (χ1v) is 9.12. The van der Waals surface area contributed by atoms with E-state index in [1.54, 1.807) is 22.9 Å². The van der Waals surface area contributed by atoms with Gasteiger partial charge in [0.05, 0.1) is 11.1 Å². The van der Waals surface area contributed by atoms with E-state index in [0.717, 1.165) is 11.1 Å². The monoisotopic (exact) mass is 374 g/mol. The second-order valence-corrected chi connectivity index (χ2v) is 6.57. The Hall–Kier alpha value is -2.40. The summed E-state index contributed by atoms with van der Waals surface area (Å²) in [5, 5.41) is 10.4. The number of aromatic hydroxyl groups is 1. The molecule has 6 heteroatoms. The molecule has 0 unspecified atom stereocenters. The first-order chi connectivity index (χ1) is 12.5. The number of hydrogen-bond donors (Lipinski definition) is 1. The van der Waals surface area contributed by atoms with Crippen LogP contribution in [0.15, 0.2) is 41.3 Å². The number of aryl methyl sites for hydroxylation is 1. The maximum Gasteiger partial charge on any atom is 0.258 e. The number of rotatable bonds is 6. The summed E-state index contributed by atoms with van der Waals surface area (Å²) >= 11 is 5.80. The third kappa shape index (κ3) is 3.58. The van der Waals surface area contributed by atoms with Gasteiger partial charge < -0.3 is 9.67 Å². The number of halogens is 2. The molecule has 1 N–H and O–H groups in total. The van der Waals surface area contributed by atoms with Gasteiger partial charge in [-0.15, -0.1) is 11.6 Å². The largest absolute Gasteiger partial charge is 0.505 e. The summed E-state index contributed by atoms with van der Waals surface area (Å²) in [5.41, 5.74) is 2.99. The molecule has 3 rings (SSSR count). The van der Waals surface area contributed by atoms with Crippen molar-refractivity contribution in [2.45, 2.75) is 32.7 Å². The average Bonchev–Trinajstić information content (AvgIpc) is 2.64. The van der Waals surface area contributed by atoms with E-state index in [-0.39, 0.29) is 17.1 Å². The van der Waals surface area contributed by atoms with E-state index in [1.807, 2.05) is 13.0 Å². The molecule has 0 saturated carbocycles. The summed E-state index contributed by atoms with van der Waals surface area (Å²) in [6, 6.07) is 8.13. The zero-order valence-corrected chi connectivity index (χ0v) is 15.3. The molecule has 2 heterocycles. The maximum atomic E-state index is 13.1. The molecule has 136 valence electrons. The Morgan fingerprint density at radius 3 is 2.62 bits per heavy atom. The minimum atomic E-state index is -0.280. The highest BCUT2D eigenvalue weighted by molar-refractivity contribution is 6.17. The molecule has 0 aliphatic rings. The molecule has 0 radical (unpaired) electrons. The zero-order chi connectivity index (χ0) is 18.7. The number of hydrogen-bond acceptors (Lipinski definition) is 3. The molecule has 0 fully saturated rings. The molecule has 2 aromatic heterocycles. The molecule has 0 atom stereocenters. The van der Waals surface area contributed by atoms with Crippen LogP contribution in [0, 0.1) is 5.82 Å². The summed E-state index contributed by atoms with van der Waals surface area (Å²) < 4.78 is 14.7. The Balaban J connectivity index is 2.11. The lowest BCUT2D eigenvalue weighted by atomic mass is 10.0. The highest BCUT2D eigenvalue weighted by atomic mass is 35.5. The molecule has 26 heavy (non-hydrogen) atoms. The Kier molecular flexibility index (Phi) is 5.57. The van der Waals surface area contributed by atoms with Crippen LogP contribution in [0.4, 0.5) is 4.39 Å². The van der Waals surface area contributed by atoms with E-state index in [2.05, 4.69) is 4.98 Å². The van der Waals surface area contributed by atoms with Gasteiger partial charge in [-0.2, -0.15) is 0 Å². The molecular weight excluding hydrogens is 355 g/mol. The van der Waals surface area contributed by atoms with E-state index >= 15 is 0 Å². The van der Waals surface area contributed by atoms with Crippen LogP contribution in [0.5, 0.6) is 5.75 Å². The first kappa shape index (κ1) is 18.4. The molecule has 0 saturated heterocycles. The molecular formula is C20H20ClFN2O2. The highest BCUT2D eigenvalue weighted by Crippen LogP contribution is 2.26. The van der Waals surface area contributed by atoms with Crippen molar-refractivity contribution in [3.63, 3.8) is 0 Å². The minimum Gasteiger partial charge on any atom is -0.505 e. The fraction of sp³-hybridized carbons (Fsp3) is 0.300. The first-order valence-electron chi connectivity index (χ1n) is 8.58. The van der Waals surface area contributed by atoms with Crippen LogP contribution in [-0.4, -0.2) is 20.5 Å². The molecule has 0 aliphatic carbocycles. The van der Waals surface area contributed by atoms with Crippen molar-refractivity contribution < 1.29 is 9.50 Å². The molecule has 1 aromatic carbocycles. The topological polar surface area (TPSA) is 55.1 Å². The van der Waals surface area contributed by atoms with Gasteiger partial charge in [0.15, 0.2) is 5.75 Å². The Bertz CT molecular complexity index is 984. The highest BCUT2D eigenvalue weighted by Gasteiger charge is 2.16. The van der Waals surface area contributed by atoms with Gasteiger partial charge in [-0.1, -0.05) is 19.1 Å².